The molecular formula is C33H36N6O5S2. The van der Waals surface area contributed by atoms with Gasteiger partial charge in [0.2, 0.25) is 0 Å². The van der Waals surface area contributed by atoms with E-state index in [-0.39, 0.29) is 44.5 Å². The number of aromatic nitrogens is 3. The highest BCUT2D eigenvalue weighted by molar-refractivity contribution is 8.27. The number of rotatable bonds is 8. The van der Waals surface area contributed by atoms with Crippen molar-refractivity contribution in [1.82, 2.24) is 13.9 Å². The van der Waals surface area contributed by atoms with Gasteiger partial charge in [-0.2, -0.15) is 5.26 Å². The van der Waals surface area contributed by atoms with Gasteiger partial charge in [-0.15, -0.1) is 0 Å². The van der Waals surface area contributed by atoms with Crippen LogP contribution >= 0.6 is 24.0 Å². The van der Waals surface area contributed by atoms with Gasteiger partial charge in [0.1, 0.15) is 23.1 Å². The number of para-hydroxylation sites is 1. The lowest BCUT2D eigenvalue weighted by Crippen LogP contribution is -2.43. The molecule has 13 heteroatoms. The van der Waals surface area contributed by atoms with Crippen molar-refractivity contribution in [1.29, 1.82) is 5.26 Å². The third-order valence-electron chi connectivity index (χ3n) is 8.45. The maximum absolute atomic E-state index is 14.1. The molecule has 4 heterocycles. The number of ether oxygens (including phenoxy) is 1. The SMILES string of the molecule is CCCn1c(N2CCCC(C(=O)OCC)C2)c(C=C2SC(=S)N(c3c(C)n(C)n(-c4ccccc4)c3=O)C2=O)c(C)c(C#N)c1=O. The van der Waals surface area contributed by atoms with Gasteiger partial charge in [0, 0.05) is 32.2 Å². The lowest BCUT2D eigenvalue weighted by atomic mass is 9.96. The molecule has 2 aliphatic rings. The number of carbonyl (C=O) groups excluding carboxylic acids is 2. The standard InChI is InChI=1S/C33H36N6O5S2/c1-6-15-37-28(36-16-11-12-22(19-36)32(43)44-7-2)24(20(3)25(18-34)29(37)40)17-26-30(41)38(33(45)46-26)27-21(4)35(5)39(31(27)42)23-13-9-8-10-14-23/h8-10,13-14,17,22H,6-7,11-12,15-16,19H2,1-5H3. The number of hydrogen-bond donors (Lipinski definition) is 0. The largest absolute Gasteiger partial charge is 0.466 e. The summed E-state index contributed by atoms with van der Waals surface area (Å²) in [6.45, 7) is 8.68. The Morgan fingerprint density at radius 1 is 1.15 bits per heavy atom. The van der Waals surface area contributed by atoms with Crippen LogP contribution in [0.2, 0.25) is 0 Å². The molecule has 0 aliphatic carbocycles. The fourth-order valence-corrected chi connectivity index (χ4v) is 7.39. The second-order valence-corrected chi connectivity index (χ2v) is 12.9. The Kier molecular flexibility index (Phi) is 9.69. The summed E-state index contributed by atoms with van der Waals surface area (Å²) in [5.41, 5.74) is 1.52. The van der Waals surface area contributed by atoms with Crippen LogP contribution in [0.25, 0.3) is 11.8 Å². The third-order valence-corrected chi connectivity index (χ3v) is 9.75. The molecule has 0 bridgehead atoms. The number of amides is 1. The molecular weight excluding hydrogens is 625 g/mol. The average Bonchev–Trinajstić information content (AvgIpc) is 3.44. The maximum atomic E-state index is 14.1. The van der Waals surface area contributed by atoms with Crippen molar-refractivity contribution < 1.29 is 14.3 Å². The van der Waals surface area contributed by atoms with E-state index < -0.39 is 11.5 Å². The van der Waals surface area contributed by atoms with Crippen LogP contribution in [0, 0.1) is 31.1 Å². The van der Waals surface area contributed by atoms with E-state index in [1.54, 1.807) is 43.1 Å². The summed E-state index contributed by atoms with van der Waals surface area (Å²) in [6.07, 6.45) is 3.65. The van der Waals surface area contributed by atoms with Gasteiger partial charge in [0.15, 0.2) is 4.32 Å². The number of benzene rings is 1. The summed E-state index contributed by atoms with van der Waals surface area (Å²) in [4.78, 5) is 57.8. The molecule has 2 fully saturated rings. The van der Waals surface area contributed by atoms with Gasteiger partial charge in [-0.25, -0.2) is 4.68 Å². The fraction of sp³-hybridized carbons (Fsp3) is 0.394. The van der Waals surface area contributed by atoms with Crippen LogP contribution in [0.15, 0.2) is 44.8 Å². The van der Waals surface area contributed by atoms with Crippen LogP contribution in [0.4, 0.5) is 11.5 Å². The minimum absolute atomic E-state index is 0.0115. The molecule has 0 spiro atoms. The average molecular weight is 661 g/mol. The Morgan fingerprint density at radius 2 is 1.87 bits per heavy atom. The minimum atomic E-state index is -0.471. The van der Waals surface area contributed by atoms with Gasteiger partial charge in [-0.05, 0) is 63.8 Å². The topological polar surface area (TPSA) is 123 Å². The van der Waals surface area contributed by atoms with E-state index >= 15 is 0 Å². The number of pyridine rings is 1. The number of carbonyl (C=O) groups is 2. The molecule has 2 aliphatic heterocycles. The minimum Gasteiger partial charge on any atom is -0.466 e. The lowest BCUT2D eigenvalue weighted by molar-refractivity contribution is -0.148. The predicted octanol–water partition coefficient (Wildman–Crippen LogP) is 4.42. The summed E-state index contributed by atoms with van der Waals surface area (Å²) in [7, 11) is 1.75. The van der Waals surface area contributed by atoms with Crippen molar-refractivity contribution in [3.05, 3.63) is 78.3 Å². The Bertz CT molecular complexity index is 1920. The van der Waals surface area contributed by atoms with Gasteiger partial charge in [-0.1, -0.05) is 49.1 Å². The monoisotopic (exact) mass is 660 g/mol. The number of piperidine rings is 1. The predicted molar refractivity (Wildman–Crippen MR) is 183 cm³/mol. The van der Waals surface area contributed by atoms with Gasteiger partial charge in [0.25, 0.3) is 17.0 Å². The highest BCUT2D eigenvalue weighted by Crippen LogP contribution is 2.39. The first-order valence-electron chi connectivity index (χ1n) is 15.3. The van der Waals surface area contributed by atoms with Crippen LogP contribution in [0.3, 0.4) is 0 Å². The first-order chi connectivity index (χ1) is 22.0. The smallest absolute Gasteiger partial charge is 0.310 e. The molecule has 11 nitrogen and oxygen atoms in total. The summed E-state index contributed by atoms with van der Waals surface area (Å²) in [5, 5.41) is 10.0. The Balaban J connectivity index is 1.65. The molecule has 1 amide bonds. The highest BCUT2D eigenvalue weighted by Gasteiger charge is 2.39. The van der Waals surface area contributed by atoms with E-state index in [2.05, 4.69) is 6.07 Å². The fourth-order valence-electron chi connectivity index (χ4n) is 6.14. The van der Waals surface area contributed by atoms with Crippen LogP contribution in [-0.2, 0) is 27.9 Å². The summed E-state index contributed by atoms with van der Waals surface area (Å²) < 4.78 is 10.3. The van der Waals surface area contributed by atoms with E-state index in [1.165, 1.54) is 9.58 Å². The summed E-state index contributed by atoms with van der Waals surface area (Å²) in [5.74, 6) is -0.594. The van der Waals surface area contributed by atoms with E-state index in [9.17, 15) is 24.4 Å². The molecule has 0 saturated carbocycles. The zero-order chi connectivity index (χ0) is 33.3. The zero-order valence-electron chi connectivity index (χ0n) is 26.5. The van der Waals surface area contributed by atoms with Crippen molar-refractivity contribution in [2.75, 3.05) is 29.5 Å². The Morgan fingerprint density at radius 3 is 2.52 bits per heavy atom. The van der Waals surface area contributed by atoms with Crippen molar-refractivity contribution in [2.24, 2.45) is 13.0 Å². The van der Waals surface area contributed by atoms with Crippen molar-refractivity contribution in [3.8, 4) is 11.8 Å². The van der Waals surface area contributed by atoms with Crippen molar-refractivity contribution in [2.45, 2.75) is 53.5 Å². The number of thiocarbonyl (C=S) groups is 1. The molecule has 0 N–H and O–H groups in total. The van der Waals surface area contributed by atoms with Crippen LogP contribution in [0.5, 0.6) is 0 Å². The molecule has 240 valence electrons. The summed E-state index contributed by atoms with van der Waals surface area (Å²) >= 11 is 6.74. The number of anilines is 2. The molecule has 0 radical (unpaired) electrons. The lowest BCUT2D eigenvalue weighted by Gasteiger charge is -2.36. The van der Waals surface area contributed by atoms with Gasteiger partial charge in [-0.3, -0.25) is 33.3 Å². The molecule has 3 aromatic rings. The van der Waals surface area contributed by atoms with E-state index in [0.717, 1.165) is 11.8 Å². The maximum Gasteiger partial charge on any atom is 0.310 e. The first kappa shape index (κ1) is 33.0. The normalized spacial score (nSPS) is 17.6. The summed E-state index contributed by atoms with van der Waals surface area (Å²) in [6, 6.07) is 11.2. The van der Waals surface area contributed by atoms with E-state index in [1.807, 2.05) is 42.2 Å². The second-order valence-electron chi connectivity index (χ2n) is 11.3. The molecule has 2 aromatic heterocycles. The molecule has 1 aromatic carbocycles. The quantitative estimate of drug-likeness (QED) is 0.196. The first-order valence-corrected chi connectivity index (χ1v) is 16.5. The number of hydrogen-bond acceptors (Lipinski definition) is 9. The Labute approximate surface area is 276 Å². The van der Waals surface area contributed by atoms with Crippen molar-refractivity contribution >= 4 is 57.8 Å². The number of nitriles is 1. The molecule has 46 heavy (non-hydrogen) atoms. The van der Waals surface area contributed by atoms with Crippen molar-refractivity contribution in [3.63, 3.8) is 0 Å². The van der Waals surface area contributed by atoms with Crippen LogP contribution in [0.1, 0.15) is 55.5 Å². The highest BCUT2D eigenvalue weighted by atomic mass is 32.2. The number of thioether (sulfide) groups is 1. The van der Waals surface area contributed by atoms with E-state index in [4.69, 9.17) is 17.0 Å². The van der Waals surface area contributed by atoms with Gasteiger partial charge in [0.05, 0.1) is 28.8 Å². The van der Waals surface area contributed by atoms with Gasteiger partial charge < -0.3 is 9.64 Å². The molecule has 1 atom stereocenters. The van der Waals surface area contributed by atoms with E-state index in [0.29, 0.717) is 67.2 Å². The number of esters is 1. The molecule has 5 rings (SSSR count). The third kappa shape index (κ3) is 5.71. The van der Waals surface area contributed by atoms with Crippen LogP contribution < -0.4 is 20.9 Å². The number of nitrogens with zero attached hydrogens (tertiary/aromatic N) is 6. The van der Waals surface area contributed by atoms with Crippen LogP contribution in [-0.4, -0.2) is 49.8 Å². The molecule has 2 saturated heterocycles. The molecule has 1 unspecified atom stereocenters. The second kappa shape index (κ2) is 13.5. The zero-order valence-corrected chi connectivity index (χ0v) is 28.2. The Hall–Kier alpha value is -4.41. The van der Waals surface area contributed by atoms with Gasteiger partial charge >= 0.3 is 5.97 Å².